The van der Waals surface area contributed by atoms with E-state index in [0.717, 1.165) is 52.0 Å². The number of rotatable bonds is 6. The molecule has 1 saturated heterocycles. The molecule has 0 saturated carbocycles. The molecule has 1 aliphatic rings. The van der Waals surface area contributed by atoms with E-state index in [-0.39, 0.29) is 11.9 Å². The number of anilines is 2. The monoisotopic (exact) mass is 346 g/mol. The third-order valence-electron chi connectivity index (χ3n) is 4.29. The first-order chi connectivity index (χ1) is 12.1. The molecule has 0 aliphatic carbocycles. The van der Waals surface area contributed by atoms with E-state index in [2.05, 4.69) is 22.5 Å². The number of hydrogen-bond donors (Lipinski definition) is 2. The number of urea groups is 1. The smallest absolute Gasteiger partial charge is 0.321 e. The highest BCUT2D eigenvalue weighted by molar-refractivity contribution is 5.93. The Hall–Kier alpha value is -2.08. The highest BCUT2D eigenvalue weighted by Crippen LogP contribution is 2.16. The minimum absolute atomic E-state index is 0.00508. The minimum Gasteiger partial charge on any atom is -0.326 e. The van der Waals surface area contributed by atoms with Gasteiger partial charge in [0.2, 0.25) is 5.91 Å². The summed E-state index contributed by atoms with van der Waals surface area (Å²) >= 11 is 0. The third-order valence-corrected chi connectivity index (χ3v) is 4.29. The summed E-state index contributed by atoms with van der Waals surface area (Å²) in [5.74, 6) is -0.00508. The van der Waals surface area contributed by atoms with Gasteiger partial charge in [-0.3, -0.25) is 4.79 Å². The molecule has 1 heterocycles. The topological polar surface area (TPSA) is 64.7 Å². The zero-order chi connectivity index (χ0) is 18.1. The highest BCUT2D eigenvalue weighted by Gasteiger charge is 2.18. The molecule has 138 valence electrons. The van der Waals surface area contributed by atoms with Gasteiger partial charge in [-0.25, -0.2) is 4.79 Å². The predicted molar refractivity (Wildman–Crippen MR) is 102 cm³/mol. The van der Waals surface area contributed by atoms with E-state index in [9.17, 15) is 9.59 Å². The van der Waals surface area contributed by atoms with Crippen LogP contribution in [0.5, 0.6) is 0 Å². The van der Waals surface area contributed by atoms with Gasteiger partial charge in [-0.15, -0.1) is 0 Å². The largest absolute Gasteiger partial charge is 0.326 e. The average molecular weight is 346 g/mol. The van der Waals surface area contributed by atoms with Crippen molar-refractivity contribution in [2.75, 3.05) is 43.4 Å². The molecule has 0 bridgehead atoms. The van der Waals surface area contributed by atoms with Crippen molar-refractivity contribution in [3.8, 4) is 0 Å². The van der Waals surface area contributed by atoms with E-state index >= 15 is 0 Å². The molecule has 0 unspecified atom stereocenters. The Balaban J connectivity index is 1.90. The van der Waals surface area contributed by atoms with Crippen LogP contribution in [0.2, 0.25) is 0 Å². The maximum atomic E-state index is 12.5. The first-order valence-electron chi connectivity index (χ1n) is 9.30. The molecule has 0 aromatic heterocycles. The Labute approximate surface area is 150 Å². The van der Waals surface area contributed by atoms with Crippen molar-refractivity contribution in [3.05, 3.63) is 24.3 Å². The summed E-state index contributed by atoms with van der Waals surface area (Å²) in [5.41, 5.74) is 1.41. The van der Waals surface area contributed by atoms with Gasteiger partial charge in [-0.05, 0) is 50.6 Å². The summed E-state index contributed by atoms with van der Waals surface area (Å²) in [5, 5.41) is 5.80. The fraction of sp³-hybridized carbons (Fsp3) is 0.579. The summed E-state index contributed by atoms with van der Waals surface area (Å²) in [4.78, 5) is 28.5. The first-order valence-corrected chi connectivity index (χ1v) is 9.30. The second kappa shape index (κ2) is 10.0. The molecular weight excluding hydrogens is 316 g/mol. The fourth-order valence-corrected chi connectivity index (χ4v) is 3.04. The average Bonchev–Trinajstić information content (AvgIpc) is 2.81. The number of benzene rings is 1. The summed E-state index contributed by atoms with van der Waals surface area (Å²) in [6.45, 7) is 8.75. The Morgan fingerprint density at radius 1 is 1.00 bits per heavy atom. The summed E-state index contributed by atoms with van der Waals surface area (Å²) < 4.78 is 0. The lowest BCUT2D eigenvalue weighted by Gasteiger charge is -2.22. The molecular formula is C19H30N4O2. The Kier molecular flexibility index (Phi) is 7.73. The molecule has 2 rings (SSSR count). The van der Waals surface area contributed by atoms with Gasteiger partial charge < -0.3 is 20.4 Å². The number of carbonyl (C=O) groups excluding carboxylic acids is 2. The lowest BCUT2D eigenvalue weighted by atomic mass is 10.2. The predicted octanol–water partition coefficient (Wildman–Crippen LogP) is 3.37. The Bertz CT molecular complexity index is 576. The van der Waals surface area contributed by atoms with Crippen LogP contribution >= 0.6 is 0 Å². The summed E-state index contributed by atoms with van der Waals surface area (Å²) in [7, 11) is 0. The number of amides is 3. The number of carbonyl (C=O) groups is 2. The number of nitrogens with zero attached hydrogens (tertiary/aromatic N) is 2. The van der Waals surface area contributed by atoms with Crippen molar-refractivity contribution < 1.29 is 9.59 Å². The van der Waals surface area contributed by atoms with Gasteiger partial charge in [0.25, 0.3) is 0 Å². The molecule has 1 aliphatic heterocycles. The second-order valence-electron chi connectivity index (χ2n) is 6.49. The molecule has 1 fully saturated rings. The van der Waals surface area contributed by atoms with Crippen molar-refractivity contribution >= 4 is 23.3 Å². The van der Waals surface area contributed by atoms with E-state index in [1.165, 1.54) is 0 Å². The molecule has 3 amide bonds. The number of nitrogens with one attached hydrogen (secondary N) is 2. The zero-order valence-corrected chi connectivity index (χ0v) is 15.4. The van der Waals surface area contributed by atoms with Crippen molar-refractivity contribution in [1.82, 2.24) is 9.80 Å². The van der Waals surface area contributed by atoms with Crippen LogP contribution in [0.25, 0.3) is 0 Å². The van der Waals surface area contributed by atoms with Gasteiger partial charge in [-0.1, -0.05) is 19.9 Å². The lowest BCUT2D eigenvalue weighted by Crippen LogP contribution is -2.38. The molecule has 0 spiro atoms. The standard InChI is InChI=1S/C19H30N4O2/c1-3-7-18(24)20-16-8-5-9-17(15-16)21-19(25)23-12-6-11-22(10-4-2)13-14-23/h5,8-9,15H,3-4,6-7,10-14H2,1-2H3,(H,20,24)(H,21,25). The van der Waals surface area contributed by atoms with Gasteiger partial charge >= 0.3 is 6.03 Å². The quantitative estimate of drug-likeness (QED) is 0.830. The normalized spacial score (nSPS) is 15.5. The first kappa shape index (κ1) is 19.2. The molecule has 0 radical (unpaired) electrons. The van der Waals surface area contributed by atoms with Crippen LogP contribution in [0.3, 0.4) is 0 Å². The molecule has 2 N–H and O–H groups in total. The highest BCUT2D eigenvalue weighted by atomic mass is 16.2. The van der Waals surface area contributed by atoms with Crippen LogP contribution in [0, 0.1) is 0 Å². The molecule has 25 heavy (non-hydrogen) atoms. The van der Waals surface area contributed by atoms with Crippen molar-refractivity contribution in [2.24, 2.45) is 0 Å². The van der Waals surface area contributed by atoms with Crippen molar-refractivity contribution in [1.29, 1.82) is 0 Å². The second-order valence-corrected chi connectivity index (χ2v) is 6.49. The van der Waals surface area contributed by atoms with E-state index in [4.69, 9.17) is 0 Å². The van der Waals surface area contributed by atoms with Gasteiger partial charge in [0.05, 0.1) is 0 Å². The Morgan fingerprint density at radius 2 is 1.76 bits per heavy atom. The van der Waals surface area contributed by atoms with E-state index in [1.54, 1.807) is 6.07 Å². The summed E-state index contributed by atoms with van der Waals surface area (Å²) in [6, 6.07) is 7.23. The van der Waals surface area contributed by atoms with E-state index < -0.39 is 0 Å². The van der Waals surface area contributed by atoms with Crippen LogP contribution < -0.4 is 10.6 Å². The van der Waals surface area contributed by atoms with Gasteiger partial charge in [0.1, 0.15) is 0 Å². The van der Waals surface area contributed by atoms with Crippen molar-refractivity contribution in [2.45, 2.75) is 39.5 Å². The molecule has 1 aromatic rings. The Morgan fingerprint density at radius 3 is 2.48 bits per heavy atom. The maximum Gasteiger partial charge on any atom is 0.321 e. The zero-order valence-electron chi connectivity index (χ0n) is 15.4. The minimum atomic E-state index is -0.0737. The lowest BCUT2D eigenvalue weighted by molar-refractivity contribution is -0.116. The third kappa shape index (κ3) is 6.38. The van der Waals surface area contributed by atoms with Gasteiger partial charge in [0, 0.05) is 37.4 Å². The SMILES string of the molecule is CCCC(=O)Nc1cccc(NC(=O)N2CCCN(CCC)CC2)c1. The molecule has 6 nitrogen and oxygen atoms in total. The van der Waals surface area contributed by atoms with Gasteiger partial charge in [0.15, 0.2) is 0 Å². The van der Waals surface area contributed by atoms with Crippen LogP contribution in [0.4, 0.5) is 16.2 Å². The number of hydrogen-bond acceptors (Lipinski definition) is 3. The molecule has 1 aromatic carbocycles. The maximum absolute atomic E-state index is 12.5. The van der Waals surface area contributed by atoms with Crippen molar-refractivity contribution in [3.63, 3.8) is 0 Å². The summed E-state index contributed by atoms with van der Waals surface area (Å²) in [6.07, 6.45) is 3.45. The van der Waals surface area contributed by atoms with E-state index in [0.29, 0.717) is 17.8 Å². The van der Waals surface area contributed by atoms with Crippen LogP contribution in [0.1, 0.15) is 39.5 Å². The van der Waals surface area contributed by atoms with E-state index in [1.807, 2.05) is 30.0 Å². The fourth-order valence-electron chi connectivity index (χ4n) is 3.04. The van der Waals surface area contributed by atoms with Gasteiger partial charge in [-0.2, -0.15) is 0 Å². The molecule has 6 heteroatoms. The van der Waals surface area contributed by atoms with Crippen LogP contribution in [0.15, 0.2) is 24.3 Å². The van der Waals surface area contributed by atoms with Crippen LogP contribution in [-0.4, -0.2) is 54.5 Å². The molecule has 0 atom stereocenters. The van der Waals surface area contributed by atoms with Crippen LogP contribution in [-0.2, 0) is 4.79 Å².